The highest BCUT2D eigenvalue weighted by molar-refractivity contribution is 6.30. The number of hydrogen-bond donors (Lipinski definition) is 1. The molecule has 0 spiro atoms. The smallest absolute Gasteiger partial charge is 0.0479 e. The Bertz CT molecular complexity index is 485. The van der Waals surface area contributed by atoms with Gasteiger partial charge in [-0.2, -0.15) is 0 Å². The molecule has 2 aliphatic rings. The molecule has 2 atom stereocenters. The molecule has 128 valence electrons. The van der Waals surface area contributed by atoms with Crippen LogP contribution in [-0.4, -0.2) is 55.1 Å². The Labute approximate surface area is 146 Å². The van der Waals surface area contributed by atoms with Gasteiger partial charge in [-0.25, -0.2) is 0 Å². The lowest BCUT2D eigenvalue weighted by Crippen LogP contribution is -2.53. The highest BCUT2D eigenvalue weighted by atomic mass is 35.5. The summed E-state index contributed by atoms with van der Waals surface area (Å²) in [4.78, 5) is 5.35. The second-order valence-corrected chi connectivity index (χ2v) is 7.51. The van der Waals surface area contributed by atoms with Gasteiger partial charge in [0.1, 0.15) is 0 Å². The number of hydrogen-bond acceptors (Lipinski definition) is 3. The average molecular weight is 336 g/mol. The molecule has 3 rings (SSSR count). The molecule has 2 fully saturated rings. The van der Waals surface area contributed by atoms with Gasteiger partial charge >= 0.3 is 0 Å². The summed E-state index contributed by atoms with van der Waals surface area (Å²) in [6, 6.07) is 9.51. The third-order valence-corrected chi connectivity index (χ3v) is 5.55. The Morgan fingerprint density at radius 1 is 1.17 bits per heavy atom. The van der Waals surface area contributed by atoms with Crippen LogP contribution in [0.3, 0.4) is 0 Å². The maximum Gasteiger partial charge on any atom is 0.0479 e. The number of piperazine rings is 1. The van der Waals surface area contributed by atoms with Gasteiger partial charge in [-0.3, -0.25) is 4.90 Å². The number of halogens is 1. The quantitative estimate of drug-likeness (QED) is 0.907. The lowest BCUT2D eigenvalue weighted by atomic mass is 10.0. The number of rotatable bonds is 4. The van der Waals surface area contributed by atoms with Crippen molar-refractivity contribution in [2.45, 2.75) is 44.7 Å². The summed E-state index contributed by atoms with van der Waals surface area (Å²) < 4.78 is 0. The molecule has 1 aromatic carbocycles. The number of nitrogens with one attached hydrogen (secondary N) is 1. The van der Waals surface area contributed by atoms with Gasteiger partial charge in [-0.15, -0.1) is 0 Å². The minimum atomic E-state index is 0.448. The molecular weight excluding hydrogens is 306 g/mol. The average Bonchev–Trinajstić information content (AvgIpc) is 2.82. The molecule has 3 nitrogen and oxygen atoms in total. The Morgan fingerprint density at radius 2 is 1.96 bits per heavy atom. The number of benzene rings is 1. The third kappa shape index (κ3) is 4.69. The van der Waals surface area contributed by atoms with E-state index in [2.05, 4.69) is 40.2 Å². The molecule has 0 amide bonds. The molecule has 1 N–H and O–H groups in total. The van der Waals surface area contributed by atoms with E-state index >= 15 is 0 Å². The monoisotopic (exact) mass is 335 g/mol. The van der Waals surface area contributed by atoms with Gasteiger partial charge in [0, 0.05) is 43.3 Å². The first-order valence-electron chi connectivity index (χ1n) is 9.18. The minimum Gasteiger partial charge on any atom is -0.314 e. The van der Waals surface area contributed by atoms with Gasteiger partial charge in [0.25, 0.3) is 0 Å². The minimum absolute atomic E-state index is 0.448. The fourth-order valence-corrected chi connectivity index (χ4v) is 4.20. The van der Waals surface area contributed by atoms with Crippen molar-refractivity contribution >= 4 is 11.6 Å². The SMILES string of the molecule is CC1CNCCN1C(CN1CCCCCC1)c1cccc(Cl)c1. The summed E-state index contributed by atoms with van der Waals surface area (Å²) in [6.07, 6.45) is 5.48. The summed E-state index contributed by atoms with van der Waals surface area (Å²) in [5.74, 6) is 0. The van der Waals surface area contributed by atoms with Crippen molar-refractivity contribution in [2.24, 2.45) is 0 Å². The van der Waals surface area contributed by atoms with Gasteiger partial charge < -0.3 is 10.2 Å². The standard InChI is InChI=1S/C19H30ClN3/c1-16-14-21-9-12-23(16)19(17-7-6-8-18(20)13-17)15-22-10-4-2-3-5-11-22/h6-8,13,16,19,21H,2-5,9-12,14-15H2,1H3. The molecule has 0 saturated carbocycles. The van der Waals surface area contributed by atoms with Gasteiger partial charge in [0.05, 0.1) is 0 Å². The molecule has 2 aliphatic heterocycles. The van der Waals surface area contributed by atoms with E-state index in [-0.39, 0.29) is 0 Å². The molecule has 4 heteroatoms. The molecule has 0 aliphatic carbocycles. The normalized spacial score (nSPS) is 25.9. The van der Waals surface area contributed by atoms with Crippen LogP contribution in [0.1, 0.15) is 44.2 Å². The summed E-state index contributed by atoms with van der Waals surface area (Å²) in [6.45, 7) is 9.25. The molecule has 0 radical (unpaired) electrons. The molecule has 1 aromatic rings. The molecule has 2 heterocycles. The van der Waals surface area contributed by atoms with Crippen LogP contribution in [0.2, 0.25) is 5.02 Å². The third-order valence-electron chi connectivity index (χ3n) is 5.32. The maximum absolute atomic E-state index is 6.29. The molecular formula is C19H30ClN3. The van der Waals surface area contributed by atoms with Crippen molar-refractivity contribution in [1.29, 1.82) is 0 Å². The van der Waals surface area contributed by atoms with Crippen molar-refractivity contribution in [1.82, 2.24) is 15.1 Å². The van der Waals surface area contributed by atoms with E-state index < -0.39 is 0 Å². The Morgan fingerprint density at radius 3 is 2.65 bits per heavy atom. The maximum atomic E-state index is 6.29. The van der Waals surface area contributed by atoms with Crippen molar-refractivity contribution < 1.29 is 0 Å². The van der Waals surface area contributed by atoms with Gasteiger partial charge in [-0.1, -0.05) is 36.6 Å². The largest absolute Gasteiger partial charge is 0.314 e. The van der Waals surface area contributed by atoms with E-state index in [1.807, 2.05) is 6.07 Å². The van der Waals surface area contributed by atoms with Crippen LogP contribution in [0.4, 0.5) is 0 Å². The van der Waals surface area contributed by atoms with E-state index in [1.54, 1.807) is 0 Å². The lowest BCUT2D eigenvalue weighted by Gasteiger charge is -2.42. The molecule has 0 bridgehead atoms. The van der Waals surface area contributed by atoms with E-state index in [0.717, 1.165) is 31.2 Å². The predicted molar refractivity (Wildman–Crippen MR) is 98.1 cm³/mol. The van der Waals surface area contributed by atoms with Crippen LogP contribution in [0.5, 0.6) is 0 Å². The first kappa shape index (κ1) is 17.2. The summed E-state index contributed by atoms with van der Waals surface area (Å²) in [7, 11) is 0. The molecule has 2 unspecified atom stereocenters. The van der Waals surface area contributed by atoms with Crippen LogP contribution in [0.25, 0.3) is 0 Å². The Hall–Kier alpha value is -0.610. The van der Waals surface area contributed by atoms with Gasteiger partial charge in [0.2, 0.25) is 0 Å². The van der Waals surface area contributed by atoms with Crippen LogP contribution in [0.15, 0.2) is 24.3 Å². The van der Waals surface area contributed by atoms with Crippen molar-refractivity contribution in [3.63, 3.8) is 0 Å². The first-order valence-corrected chi connectivity index (χ1v) is 9.56. The lowest BCUT2D eigenvalue weighted by molar-refractivity contribution is 0.0851. The van der Waals surface area contributed by atoms with Crippen molar-refractivity contribution in [3.05, 3.63) is 34.9 Å². The fourth-order valence-electron chi connectivity index (χ4n) is 4.00. The zero-order valence-corrected chi connectivity index (χ0v) is 15.1. The summed E-state index contributed by atoms with van der Waals surface area (Å²) >= 11 is 6.29. The van der Waals surface area contributed by atoms with E-state index in [1.165, 1.54) is 44.3 Å². The van der Waals surface area contributed by atoms with E-state index in [4.69, 9.17) is 11.6 Å². The number of likely N-dealkylation sites (tertiary alicyclic amines) is 1. The van der Waals surface area contributed by atoms with Crippen LogP contribution in [0, 0.1) is 0 Å². The summed E-state index contributed by atoms with van der Waals surface area (Å²) in [5.41, 5.74) is 1.37. The molecule has 0 aromatic heterocycles. The summed E-state index contributed by atoms with van der Waals surface area (Å²) in [5, 5.41) is 4.37. The topological polar surface area (TPSA) is 18.5 Å². The second kappa shape index (κ2) is 8.48. The predicted octanol–water partition coefficient (Wildman–Crippen LogP) is 3.55. The number of nitrogens with zero attached hydrogens (tertiary/aromatic N) is 2. The van der Waals surface area contributed by atoms with Gasteiger partial charge in [0.15, 0.2) is 0 Å². The van der Waals surface area contributed by atoms with Crippen LogP contribution in [-0.2, 0) is 0 Å². The Kier molecular flexibility index (Phi) is 6.35. The van der Waals surface area contributed by atoms with Crippen LogP contribution >= 0.6 is 11.6 Å². The van der Waals surface area contributed by atoms with E-state index in [9.17, 15) is 0 Å². The van der Waals surface area contributed by atoms with Gasteiger partial charge in [-0.05, 0) is 50.6 Å². The highest BCUT2D eigenvalue weighted by Crippen LogP contribution is 2.28. The second-order valence-electron chi connectivity index (χ2n) is 7.08. The van der Waals surface area contributed by atoms with Crippen molar-refractivity contribution in [2.75, 3.05) is 39.3 Å². The van der Waals surface area contributed by atoms with E-state index in [0.29, 0.717) is 12.1 Å². The Balaban J connectivity index is 1.80. The zero-order chi connectivity index (χ0) is 16.1. The van der Waals surface area contributed by atoms with Crippen LogP contribution < -0.4 is 5.32 Å². The fraction of sp³-hybridized carbons (Fsp3) is 0.684. The zero-order valence-electron chi connectivity index (χ0n) is 14.3. The first-order chi connectivity index (χ1) is 11.2. The molecule has 2 saturated heterocycles. The molecule has 23 heavy (non-hydrogen) atoms. The van der Waals surface area contributed by atoms with Crippen molar-refractivity contribution in [3.8, 4) is 0 Å². The highest BCUT2D eigenvalue weighted by Gasteiger charge is 2.29.